The van der Waals surface area contributed by atoms with Crippen LogP contribution in [0.4, 0.5) is 0 Å². The van der Waals surface area contributed by atoms with E-state index in [4.69, 9.17) is 23.2 Å². The molecule has 0 bridgehead atoms. The van der Waals surface area contributed by atoms with Crippen LogP contribution in [-0.2, 0) is 16.6 Å². The average molecular weight is 339 g/mol. The number of nitrogens with zero attached hydrogens (tertiary/aromatic N) is 1. The normalized spacial score (nSPS) is 12.1. The molecule has 4 nitrogen and oxygen atoms in total. The molecule has 0 atom stereocenters. The summed E-state index contributed by atoms with van der Waals surface area (Å²) in [6.07, 6.45) is 2.00. The lowest BCUT2D eigenvalue weighted by molar-refractivity contribution is 0.419. The van der Waals surface area contributed by atoms with E-state index in [1.165, 1.54) is 10.6 Å². The summed E-state index contributed by atoms with van der Waals surface area (Å²) < 4.78 is 24.3. The van der Waals surface area contributed by atoms with E-state index in [1.54, 1.807) is 6.07 Å². The maximum Gasteiger partial charge on any atom is 0.211 e. The third-order valence-electron chi connectivity index (χ3n) is 2.90. The highest BCUT2D eigenvalue weighted by Gasteiger charge is 2.12. The predicted octanol–water partition coefficient (Wildman–Crippen LogP) is 2.75. The van der Waals surface area contributed by atoms with Gasteiger partial charge in [-0.1, -0.05) is 36.2 Å². The van der Waals surface area contributed by atoms with Crippen LogP contribution in [0.15, 0.2) is 18.2 Å². The van der Waals surface area contributed by atoms with Crippen molar-refractivity contribution in [2.24, 2.45) is 0 Å². The van der Waals surface area contributed by atoms with Crippen molar-refractivity contribution in [3.8, 4) is 0 Å². The highest BCUT2D eigenvalue weighted by atomic mass is 35.5. The number of hydrogen-bond acceptors (Lipinski definition) is 3. The lowest BCUT2D eigenvalue weighted by atomic mass is 10.2. The molecule has 20 heavy (non-hydrogen) atoms. The minimum Gasteiger partial charge on any atom is -0.313 e. The van der Waals surface area contributed by atoms with Gasteiger partial charge in [0.2, 0.25) is 10.0 Å². The van der Waals surface area contributed by atoms with E-state index in [9.17, 15) is 8.42 Å². The van der Waals surface area contributed by atoms with Gasteiger partial charge in [0.25, 0.3) is 0 Å². The summed E-state index contributed by atoms with van der Waals surface area (Å²) in [6.45, 7) is 4.30. The summed E-state index contributed by atoms with van der Waals surface area (Å²) in [7, 11) is -3.09. The van der Waals surface area contributed by atoms with Gasteiger partial charge in [-0.05, 0) is 30.7 Å². The van der Waals surface area contributed by atoms with E-state index < -0.39 is 10.0 Å². The first-order valence-corrected chi connectivity index (χ1v) is 9.04. The standard InChI is InChI=1S/C13H20Cl2N2O2S/c1-3-17(20(2,18)19)8-4-7-16-10-11-5-6-12(14)13(15)9-11/h5-6,9,16H,3-4,7-8,10H2,1-2H3. The van der Waals surface area contributed by atoms with Crippen LogP contribution in [0.3, 0.4) is 0 Å². The average Bonchev–Trinajstić information content (AvgIpc) is 2.36. The van der Waals surface area contributed by atoms with Crippen molar-refractivity contribution in [2.45, 2.75) is 19.9 Å². The van der Waals surface area contributed by atoms with Gasteiger partial charge in [0, 0.05) is 19.6 Å². The molecule has 1 aromatic carbocycles. The summed E-state index contributed by atoms with van der Waals surface area (Å²) in [6, 6.07) is 5.51. The van der Waals surface area contributed by atoms with Gasteiger partial charge in [0.1, 0.15) is 0 Å². The molecular formula is C13H20Cl2N2O2S. The smallest absolute Gasteiger partial charge is 0.211 e. The van der Waals surface area contributed by atoms with Gasteiger partial charge >= 0.3 is 0 Å². The SMILES string of the molecule is CCN(CCCNCc1ccc(Cl)c(Cl)c1)S(C)(=O)=O. The van der Waals surface area contributed by atoms with Gasteiger partial charge in [-0.3, -0.25) is 0 Å². The van der Waals surface area contributed by atoms with Crippen molar-refractivity contribution in [1.29, 1.82) is 0 Å². The fourth-order valence-corrected chi connectivity index (χ4v) is 3.07. The zero-order valence-electron chi connectivity index (χ0n) is 11.7. The van der Waals surface area contributed by atoms with Crippen molar-refractivity contribution >= 4 is 33.2 Å². The first-order chi connectivity index (χ1) is 9.34. The molecule has 1 aromatic rings. The number of benzene rings is 1. The molecule has 0 fully saturated rings. The Morgan fingerprint density at radius 3 is 2.50 bits per heavy atom. The quantitative estimate of drug-likeness (QED) is 0.741. The van der Waals surface area contributed by atoms with Gasteiger partial charge in [-0.25, -0.2) is 12.7 Å². The highest BCUT2D eigenvalue weighted by Crippen LogP contribution is 2.22. The third-order valence-corrected chi connectivity index (χ3v) is 5.01. The summed E-state index contributed by atoms with van der Waals surface area (Å²) >= 11 is 11.8. The first-order valence-electron chi connectivity index (χ1n) is 6.44. The third kappa shape index (κ3) is 5.97. The van der Waals surface area contributed by atoms with Crippen LogP contribution < -0.4 is 5.32 Å². The summed E-state index contributed by atoms with van der Waals surface area (Å²) in [5.41, 5.74) is 1.05. The van der Waals surface area contributed by atoms with E-state index in [1.807, 2.05) is 19.1 Å². The van der Waals surface area contributed by atoms with Gasteiger partial charge < -0.3 is 5.32 Å². The Bertz CT molecular complexity index is 535. The number of sulfonamides is 1. The Balaban J connectivity index is 2.30. The predicted molar refractivity (Wildman–Crippen MR) is 84.9 cm³/mol. The van der Waals surface area contributed by atoms with E-state index in [-0.39, 0.29) is 0 Å². The molecule has 0 radical (unpaired) electrons. The lowest BCUT2D eigenvalue weighted by Crippen LogP contribution is -2.32. The molecule has 114 valence electrons. The van der Waals surface area contributed by atoms with Crippen molar-refractivity contribution < 1.29 is 8.42 Å². The van der Waals surface area contributed by atoms with Crippen LogP contribution in [0.2, 0.25) is 10.0 Å². The topological polar surface area (TPSA) is 49.4 Å². The number of nitrogens with one attached hydrogen (secondary N) is 1. The molecule has 7 heteroatoms. The van der Waals surface area contributed by atoms with Crippen LogP contribution in [0.1, 0.15) is 18.9 Å². The summed E-state index contributed by atoms with van der Waals surface area (Å²) in [5, 5.41) is 4.34. The first kappa shape index (κ1) is 17.7. The molecule has 0 aromatic heterocycles. The van der Waals surface area contributed by atoms with Crippen LogP contribution >= 0.6 is 23.2 Å². The monoisotopic (exact) mass is 338 g/mol. The Morgan fingerprint density at radius 1 is 1.25 bits per heavy atom. The number of rotatable bonds is 8. The Hall–Kier alpha value is -0.330. The molecule has 0 heterocycles. The Kier molecular flexibility index (Phi) is 7.26. The van der Waals surface area contributed by atoms with Crippen molar-refractivity contribution in [3.63, 3.8) is 0 Å². The maximum atomic E-state index is 11.4. The number of halogens is 2. The molecule has 0 aliphatic carbocycles. The largest absolute Gasteiger partial charge is 0.313 e. The minimum absolute atomic E-state index is 0.506. The van der Waals surface area contributed by atoms with E-state index in [2.05, 4.69) is 5.32 Å². The minimum atomic E-state index is -3.09. The van der Waals surface area contributed by atoms with Crippen LogP contribution in [-0.4, -0.2) is 38.6 Å². The van der Waals surface area contributed by atoms with Crippen LogP contribution in [0, 0.1) is 0 Å². The highest BCUT2D eigenvalue weighted by molar-refractivity contribution is 7.88. The van der Waals surface area contributed by atoms with Gasteiger partial charge in [-0.15, -0.1) is 0 Å². The van der Waals surface area contributed by atoms with Crippen LogP contribution in [0.25, 0.3) is 0 Å². The fraction of sp³-hybridized carbons (Fsp3) is 0.538. The second kappa shape index (κ2) is 8.20. The van der Waals surface area contributed by atoms with Crippen molar-refractivity contribution in [3.05, 3.63) is 33.8 Å². The fourth-order valence-electron chi connectivity index (χ4n) is 1.82. The van der Waals surface area contributed by atoms with Crippen LogP contribution in [0.5, 0.6) is 0 Å². The molecular weight excluding hydrogens is 319 g/mol. The molecule has 0 aliphatic rings. The summed E-state index contributed by atoms with van der Waals surface area (Å²) in [5.74, 6) is 0. The van der Waals surface area contributed by atoms with E-state index in [0.717, 1.165) is 18.5 Å². The second-order valence-electron chi connectivity index (χ2n) is 4.53. The molecule has 1 N–H and O–H groups in total. The molecule has 0 amide bonds. The van der Waals surface area contributed by atoms with Gasteiger partial charge in [0.15, 0.2) is 0 Å². The molecule has 0 unspecified atom stereocenters. The maximum absolute atomic E-state index is 11.4. The van der Waals surface area contributed by atoms with E-state index in [0.29, 0.717) is 29.7 Å². The molecule has 0 saturated heterocycles. The zero-order chi connectivity index (χ0) is 15.2. The Labute approximate surface area is 131 Å². The molecule has 0 aliphatic heterocycles. The van der Waals surface area contributed by atoms with Crippen molar-refractivity contribution in [2.75, 3.05) is 25.9 Å². The zero-order valence-corrected chi connectivity index (χ0v) is 14.0. The number of hydrogen-bond donors (Lipinski definition) is 1. The van der Waals surface area contributed by atoms with Gasteiger partial charge in [0.05, 0.1) is 16.3 Å². The Morgan fingerprint density at radius 2 is 1.95 bits per heavy atom. The van der Waals surface area contributed by atoms with Crippen molar-refractivity contribution in [1.82, 2.24) is 9.62 Å². The molecule has 0 saturated carbocycles. The lowest BCUT2D eigenvalue weighted by Gasteiger charge is -2.17. The second-order valence-corrected chi connectivity index (χ2v) is 7.33. The van der Waals surface area contributed by atoms with Gasteiger partial charge in [-0.2, -0.15) is 0 Å². The summed E-state index contributed by atoms with van der Waals surface area (Å²) in [4.78, 5) is 0. The molecule has 0 spiro atoms. The molecule has 1 rings (SSSR count). The van der Waals surface area contributed by atoms with E-state index >= 15 is 0 Å².